The van der Waals surface area contributed by atoms with Crippen molar-refractivity contribution in [3.63, 3.8) is 0 Å². The average molecular weight is 319 g/mol. The molecule has 1 amide bonds. The number of hydrogen-bond acceptors (Lipinski definition) is 4. The highest BCUT2D eigenvalue weighted by Crippen LogP contribution is 2.21. The Bertz CT molecular complexity index is 523. The van der Waals surface area contributed by atoms with E-state index in [2.05, 4.69) is 29.2 Å². The Kier molecular flexibility index (Phi) is 5.99. The zero-order valence-corrected chi connectivity index (χ0v) is 14.8. The molecule has 0 aromatic carbocycles. The zero-order chi connectivity index (χ0) is 16.9. The molecule has 1 aromatic heterocycles. The van der Waals surface area contributed by atoms with Gasteiger partial charge in [-0.25, -0.2) is 4.98 Å². The van der Waals surface area contributed by atoms with Crippen molar-refractivity contribution < 1.29 is 9.53 Å². The van der Waals surface area contributed by atoms with Gasteiger partial charge in [0.1, 0.15) is 6.61 Å². The van der Waals surface area contributed by atoms with Crippen molar-refractivity contribution in [2.45, 2.75) is 46.1 Å². The molecule has 1 aromatic rings. The Morgan fingerprint density at radius 2 is 2.13 bits per heavy atom. The third-order valence-corrected chi connectivity index (χ3v) is 4.47. The highest BCUT2D eigenvalue weighted by Gasteiger charge is 2.31. The molecule has 2 heterocycles. The number of aromatic nitrogens is 1. The number of ether oxygens (including phenoxy) is 1. The van der Waals surface area contributed by atoms with Crippen LogP contribution in [0.3, 0.4) is 0 Å². The predicted molar refractivity (Wildman–Crippen MR) is 91.6 cm³/mol. The van der Waals surface area contributed by atoms with Crippen molar-refractivity contribution in [2.24, 2.45) is 5.41 Å². The number of carbonyl (C=O) groups excluding carboxylic acids is 1. The van der Waals surface area contributed by atoms with Crippen LogP contribution >= 0.6 is 0 Å². The van der Waals surface area contributed by atoms with Gasteiger partial charge in [-0.2, -0.15) is 0 Å². The van der Waals surface area contributed by atoms with Gasteiger partial charge in [0.25, 0.3) is 0 Å². The summed E-state index contributed by atoms with van der Waals surface area (Å²) in [6.45, 7) is 8.32. The van der Waals surface area contributed by atoms with Crippen LogP contribution < -0.4 is 10.1 Å². The molecule has 128 valence electrons. The summed E-state index contributed by atoms with van der Waals surface area (Å²) in [5.41, 5.74) is 0.491. The monoisotopic (exact) mass is 319 g/mol. The molecule has 1 fully saturated rings. The number of piperidine rings is 1. The standard InChI is InChI=1S/C18H29N3O2/c1-5-14-7-6-10-19-16(14)23-13-18(2,3)17(22)20-15-8-11-21(4)12-9-15/h6-7,10,15H,5,8-9,11-13H2,1-4H3,(H,20,22). The van der Waals surface area contributed by atoms with Crippen molar-refractivity contribution >= 4 is 5.91 Å². The van der Waals surface area contributed by atoms with E-state index in [0.29, 0.717) is 12.5 Å². The molecule has 0 spiro atoms. The average Bonchev–Trinajstić information content (AvgIpc) is 2.55. The van der Waals surface area contributed by atoms with Gasteiger partial charge < -0.3 is 15.0 Å². The van der Waals surface area contributed by atoms with Crippen molar-refractivity contribution in [3.05, 3.63) is 23.9 Å². The minimum absolute atomic E-state index is 0.0565. The van der Waals surface area contributed by atoms with E-state index in [4.69, 9.17) is 4.74 Å². The van der Waals surface area contributed by atoms with Crippen molar-refractivity contribution in [1.29, 1.82) is 0 Å². The predicted octanol–water partition coefficient (Wildman–Crippen LogP) is 2.26. The van der Waals surface area contributed by atoms with E-state index in [-0.39, 0.29) is 11.9 Å². The van der Waals surface area contributed by atoms with Crippen LogP contribution in [0.4, 0.5) is 0 Å². The fourth-order valence-corrected chi connectivity index (χ4v) is 2.67. The van der Waals surface area contributed by atoms with E-state index in [9.17, 15) is 4.79 Å². The molecule has 1 aliphatic rings. The van der Waals surface area contributed by atoms with E-state index in [1.165, 1.54) is 0 Å². The van der Waals surface area contributed by atoms with E-state index in [1.54, 1.807) is 6.20 Å². The SMILES string of the molecule is CCc1cccnc1OCC(C)(C)C(=O)NC1CCN(C)CC1. The third kappa shape index (κ3) is 4.93. The normalized spacial score (nSPS) is 17.0. The van der Waals surface area contributed by atoms with Crippen LogP contribution in [-0.2, 0) is 11.2 Å². The summed E-state index contributed by atoms with van der Waals surface area (Å²) >= 11 is 0. The molecular formula is C18H29N3O2. The number of likely N-dealkylation sites (tertiary alicyclic amines) is 1. The highest BCUT2D eigenvalue weighted by molar-refractivity contribution is 5.82. The lowest BCUT2D eigenvalue weighted by Gasteiger charge is -2.32. The number of carbonyl (C=O) groups is 1. The summed E-state index contributed by atoms with van der Waals surface area (Å²) in [6.07, 6.45) is 4.62. The van der Waals surface area contributed by atoms with Crippen molar-refractivity contribution in [3.8, 4) is 5.88 Å². The summed E-state index contributed by atoms with van der Waals surface area (Å²) in [5.74, 6) is 0.691. The summed E-state index contributed by atoms with van der Waals surface area (Å²) in [4.78, 5) is 19.1. The van der Waals surface area contributed by atoms with Crippen molar-refractivity contribution in [1.82, 2.24) is 15.2 Å². The van der Waals surface area contributed by atoms with Gasteiger partial charge >= 0.3 is 0 Å². The van der Waals surface area contributed by atoms with E-state index >= 15 is 0 Å². The van der Waals surface area contributed by atoms with Gasteiger partial charge in [0, 0.05) is 17.8 Å². The lowest BCUT2D eigenvalue weighted by atomic mass is 9.92. The number of rotatable bonds is 6. The summed E-state index contributed by atoms with van der Waals surface area (Å²) in [6, 6.07) is 4.19. The fraction of sp³-hybridized carbons (Fsp3) is 0.667. The Labute approximate surface area is 139 Å². The third-order valence-electron chi connectivity index (χ3n) is 4.47. The lowest BCUT2D eigenvalue weighted by molar-refractivity contribution is -0.131. The Morgan fingerprint density at radius 1 is 1.43 bits per heavy atom. The first-order chi connectivity index (χ1) is 10.9. The van der Waals surface area contributed by atoms with Crippen LogP contribution in [0.1, 0.15) is 39.2 Å². The van der Waals surface area contributed by atoms with Crippen LogP contribution in [0.5, 0.6) is 5.88 Å². The molecule has 0 atom stereocenters. The fourth-order valence-electron chi connectivity index (χ4n) is 2.67. The zero-order valence-electron chi connectivity index (χ0n) is 14.8. The van der Waals surface area contributed by atoms with Gasteiger partial charge in [-0.15, -0.1) is 0 Å². The second-order valence-electron chi connectivity index (χ2n) is 7.04. The highest BCUT2D eigenvalue weighted by atomic mass is 16.5. The van der Waals surface area contributed by atoms with Crippen LogP contribution in [0.25, 0.3) is 0 Å². The maximum absolute atomic E-state index is 12.6. The molecule has 2 rings (SSSR count). The van der Waals surface area contributed by atoms with Crippen LogP contribution in [-0.4, -0.2) is 48.6 Å². The van der Waals surface area contributed by atoms with Gasteiger partial charge in [0.05, 0.1) is 5.41 Å². The molecule has 1 aliphatic heterocycles. The van der Waals surface area contributed by atoms with Crippen LogP contribution in [0, 0.1) is 5.41 Å². The number of nitrogens with zero attached hydrogens (tertiary/aromatic N) is 2. The van der Waals surface area contributed by atoms with Crippen LogP contribution in [0.2, 0.25) is 0 Å². The molecule has 0 radical (unpaired) electrons. The first-order valence-electron chi connectivity index (χ1n) is 8.48. The molecule has 1 saturated heterocycles. The molecule has 5 nitrogen and oxygen atoms in total. The van der Waals surface area contributed by atoms with Gasteiger partial charge in [0.2, 0.25) is 11.8 Å². The number of hydrogen-bond donors (Lipinski definition) is 1. The Hall–Kier alpha value is -1.62. The van der Waals surface area contributed by atoms with Gasteiger partial charge in [-0.05, 0) is 59.3 Å². The summed E-state index contributed by atoms with van der Waals surface area (Å²) in [7, 11) is 2.12. The maximum atomic E-state index is 12.6. The molecular weight excluding hydrogens is 290 g/mol. The number of aryl methyl sites for hydroxylation is 1. The number of amides is 1. The molecule has 0 unspecified atom stereocenters. The first kappa shape index (κ1) is 17.7. The summed E-state index contributed by atoms with van der Waals surface area (Å²) < 4.78 is 5.84. The van der Waals surface area contributed by atoms with E-state index in [0.717, 1.165) is 37.9 Å². The minimum Gasteiger partial charge on any atom is -0.476 e. The number of nitrogens with one attached hydrogen (secondary N) is 1. The van der Waals surface area contributed by atoms with Gasteiger partial charge in [-0.1, -0.05) is 13.0 Å². The topological polar surface area (TPSA) is 54.5 Å². The first-order valence-corrected chi connectivity index (χ1v) is 8.48. The van der Waals surface area contributed by atoms with Crippen LogP contribution in [0.15, 0.2) is 18.3 Å². The second kappa shape index (κ2) is 7.77. The lowest BCUT2D eigenvalue weighted by Crippen LogP contribution is -2.49. The molecule has 5 heteroatoms. The second-order valence-corrected chi connectivity index (χ2v) is 7.04. The van der Waals surface area contributed by atoms with Crippen molar-refractivity contribution in [2.75, 3.05) is 26.7 Å². The van der Waals surface area contributed by atoms with Gasteiger partial charge in [-0.3, -0.25) is 4.79 Å². The van der Waals surface area contributed by atoms with Gasteiger partial charge in [0.15, 0.2) is 0 Å². The molecule has 0 saturated carbocycles. The van der Waals surface area contributed by atoms with E-state index in [1.807, 2.05) is 26.0 Å². The largest absolute Gasteiger partial charge is 0.476 e. The van der Waals surface area contributed by atoms with E-state index < -0.39 is 5.41 Å². The maximum Gasteiger partial charge on any atom is 0.229 e. The minimum atomic E-state index is -0.577. The quantitative estimate of drug-likeness (QED) is 0.874. The molecule has 23 heavy (non-hydrogen) atoms. The molecule has 0 aliphatic carbocycles. The molecule has 1 N–H and O–H groups in total. The Morgan fingerprint density at radius 3 is 2.78 bits per heavy atom. The Balaban J connectivity index is 1.88. The number of pyridine rings is 1. The molecule has 0 bridgehead atoms. The smallest absolute Gasteiger partial charge is 0.229 e. The summed E-state index contributed by atoms with van der Waals surface area (Å²) in [5, 5.41) is 3.18.